The normalized spacial score (nSPS) is 34.5. The van der Waals surface area contributed by atoms with Crippen molar-refractivity contribution in [1.82, 2.24) is 5.32 Å². The second kappa shape index (κ2) is 6.02. The molecule has 0 saturated carbocycles. The van der Waals surface area contributed by atoms with Crippen LogP contribution >= 0.6 is 11.8 Å². The molecular weight excluding hydrogens is 260 g/mol. The molecule has 0 radical (unpaired) electrons. The first-order valence-electron chi connectivity index (χ1n) is 7.02. The predicted octanol–water partition coefficient (Wildman–Crippen LogP) is 2.29. The summed E-state index contributed by atoms with van der Waals surface area (Å²) in [7, 11) is 1.76. The van der Waals surface area contributed by atoms with Crippen LogP contribution in [0.3, 0.4) is 0 Å². The van der Waals surface area contributed by atoms with E-state index < -0.39 is 0 Å². The van der Waals surface area contributed by atoms with E-state index in [-0.39, 0.29) is 11.0 Å². The standard InChI is InChI=1S/C14H26N2O2S/c1-13(2,3)11-5-8-19-12(16-11)15-9-14(17-4)6-7-18-10-14/h11H,5-10H2,1-4H3,(H,15,16). The van der Waals surface area contributed by atoms with Gasteiger partial charge in [0.1, 0.15) is 5.60 Å². The maximum atomic E-state index is 5.61. The molecule has 2 aliphatic rings. The van der Waals surface area contributed by atoms with Gasteiger partial charge in [0.2, 0.25) is 0 Å². The lowest BCUT2D eigenvalue weighted by Gasteiger charge is -2.36. The van der Waals surface area contributed by atoms with Crippen LogP contribution in [0.1, 0.15) is 33.6 Å². The summed E-state index contributed by atoms with van der Waals surface area (Å²) in [6, 6.07) is 0.505. The van der Waals surface area contributed by atoms with Crippen LogP contribution in [0.25, 0.3) is 0 Å². The molecule has 0 spiro atoms. The van der Waals surface area contributed by atoms with Crippen molar-refractivity contribution in [2.75, 3.05) is 32.6 Å². The molecule has 2 unspecified atom stereocenters. The van der Waals surface area contributed by atoms with Crippen molar-refractivity contribution in [1.29, 1.82) is 0 Å². The van der Waals surface area contributed by atoms with E-state index in [0.29, 0.717) is 19.2 Å². The molecule has 0 aliphatic carbocycles. The SMILES string of the molecule is COC1(CN=C2NC(C(C)(C)C)CCS2)CCOC1. The zero-order valence-electron chi connectivity index (χ0n) is 12.5. The van der Waals surface area contributed by atoms with Crippen LogP contribution in [-0.2, 0) is 9.47 Å². The van der Waals surface area contributed by atoms with Gasteiger partial charge >= 0.3 is 0 Å². The summed E-state index contributed by atoms with van der Waals surface area (Å²) in [5.74, 6) is 1.14. The topological polar surface area (TPSA) is 42.8 Å². The molecule has 2 atom stereocenters. The number of amidine groups is 1. The quantitative estimate of drug-likeness (QED) is 0.864. The van der Waals surface area contributed by atoms with E-state index in [1.165, 1.54) is 6.42 Å². The highest BCUT2D eigenvalue weighted by Gasteiger charge is 2.35. The van der Waals surface area contributed by atoms with Crippen molar-refractivity contribution in [2.24, 2.45) is 10.4 Å². The van der Waals surface area contributed by atoms with Crippen molar-refractivity contribution in [2.45, 2.75) is 45.3 Å². The molecule has 5 heteroatoms. The van der Waals surface area contributed by atoms with E-state index in [2.05, 4.69) is 26.1 Å². The summed E-state index contributed by atoms with van der Waals surface area (Å²) >= 11 is 1.82. The van der Waals surface area contributed by atoms with Crippen molar-refractivity contribution in [3.05, 3.63) is 0 Å². The van der Waals surface area contributed by atoms with Crippen molar-refractivity contribution >= 4 is 16.9 Å². The number of nitrogens with one attached hydrogen (secondary N) is 1. The third-order valence-electron chi connectivity index (χ3n) is 4.00. The lowest BCUT2D eigenvalue weighted by atomic mass is 9.85. The smallest absolute Gasteiger partial charge is 0.156 e. The minimum Gasteiger partial charge on any atom is -0.378 e. The van der Waals surface area contributed by atoms with Crippen LogP contribution in [0, 0.1) is 5.41 Å². The Hall–Kier alpha value is -0.260. The Morgan fingerprint density at radius 3 is 2.89 bits per heavy atom. The van der Waals surface area contributed by atoms with Crippen LogP contribution < -0.4 is 5.32 Å². The van der Waals surface area contributed by atoms with Crippen LogP contribution in [0.2, 0.25) is 0 Å². The molecule has 19 heavy (non-hydrogen) atoms. The molecule has 0 bridgehead atoms. The van der Waals surface area contributed by atoms with Gasteiger partial charge in [-0.05, 0) is 11.8 Å². The first-order chi connectivity index (χ1) is 8.95. The maximum Gasteiger partial charge on any atom is 0.156 e. The fraction of sp³-hybridized carbons (Fsp3) is 0.929. The number of aliphatic imine (C=N–C) groups is 1. The number of thioether (sulfide) groups is 1. The highest BCUT2D eigenvalue weighted by atomic mass is 32.2. The van der Waals surface area contributed by atoms with Gasteiger partial charge in [0, 0.05) is 31.9 Å². The van der Waals surface area contributed by atoms with E-state index in [1.807, 2.05) is 11.8 Å². The predicted molar refractivity (Wildman–Crippen MR) is 80.9 cm³/mol. The fourth-order valence-corrected chi connectivity index (χ4v) is 3.36. The van der Waals surface area contributed by atoms with Gasteiger partial charge in [0.15, 0.2) is 5.17 Å². The Kier molecular flexibility index (Phi) is 4.79. The molecule has 1 N–H and O–H groups in total. The van der Waals surface area contributed by atoms with Gasteiger partial charge in [-0.3, -0.25) is 4.99 Å². The molecule has 0 amide bonds. The zero-order valence-corrected chi connectivity index (χ0v) is 13.3. The zero-order chi connectivity index (χ0) is 13.9. The van der Waals surface area contributed by atoms with E-state index in [9.17, 15) is 0 Å². The molecule has 0 aromatic heterocycles. The summed E-state index contributed by atoms with van der Waals surface area (Å²) in [4.78, 5) is 4.74. The Labute approximate surface area is 120 Å². The first kappa shape index (κ1) is 15.1. The second-order valence-electron chi connectivity index (χ2n) is 6.51. The number of hydrogen-bond acceptors (Lipinski definition) is 4. The van der Waals surface area contributed by atoms with E-state index in [0.717, 1.165) is 23.9 Å². The van der Waals surface area contributed by atoms with Gasteiger partial charge in [0.05, 0.1) is 13.2 Å². The summed E-state index contributed by atoms with van der Waals surface area (Å²) in [6.45, 7) is 8.96. The maximum absolute atomic E-state index is 5.61. The average molecular weight is 286 g/mol. The lowest BCUT2D eigenvalue weighted by molar-refractivity contribution is -0.00900. The van der Waals surface area contributed by atoms with Gasteiger partial charge in [-0.2, -0.15) is 0 Å². The fourth-order valence-electron chi connectivity index (χ4n) is 2.43. The Balaban J connectivity index is 1.95. The average Bonchev–Trinajstić information content (AvgIpc) is 2.85. The van der Waals surface area contributed by atoms with Crippen LogP contribution in [0.15, 0.2) is 4.99 Å². The largest absolute Gasteiger partial charge is 0.378 e. The lowest BCUT2D eigenvalue weighted by Crippen LogP contribution is -2.46. The molecule has 0 aromatic carbocycles. The first-order valence-corrected chi connectivity index (χ1v) is 8.00. The molecule has 110 valence electrons. The molecule has 2 rings (SSSR count). The molecule has 4 nitrogen and oxygen atoms in total. The van der Waals surface area contributed by atoms with Gasteiger partial charge in [-0.1, -0.05) is 32.5 Å². The molecule has 2 aliphatic heterocycles. The number of ether oxygens (including phenoxy) is 2. The van der Waals surface area contributed by atoms with Crippen molar-refractivity contribution in [3.8, 4) is 0 Å². The Morgan fingerprint density at radius 2 is 2.32 bits per heavy atom. The van der Waals surface area contributed by atoms with E-state index in [4.69, 9.17) is 14.5 Å². The molecule has 2 saturated heterocycles. The summed E-state index contributed by atoms with van der Waals surface area (Å²) in [6.07, 6.45) is 2.14. The second-order valence-corrected chi connectivity index (χ2v) is 7.59. The van der Waals surface area contributed by atoms with Gasteiger partial charge in [-0.15, -0.1) is 0 Å². The minimum absolute atomic E-state index is 0.204. The Bertz CT molecular complexity index is 333. The number of hydrogen-bond donors (Lipinski definition) is 1. The summed E-state index contributed by atoms with van der Waals surface area (Å²) in [5, 5.41) is 4.64. The molecular formula is C14H26N2O2S. The number of methoxy groups -OCH3 is 1. The Morgan fingerprint density at radius 1 is 1.53 bits per heavy atom. The van der Waals surface area contributed by atoms with Crippen LogP contribution in [-0.4, -0.2) is 49.4 Å². The van der Waals surface area contributed by atoms with Crippen LogP contribution in [0.4, 0.5) is 0 Å². The number of nitrogens with zero attached hydrogens (tertiary/aromatic N) is 1. The van der Waals surface area contributed by atoms with Crippen molar-refractivity contribution in [3.63, 3.8) is 0 Å². The third-order valence-corrected chi connectivity index (χ3v) is 4.96. The van der Waals surface area contributed by atoms with Gasteiger partial charge < -0.3 is 14.8 Å². The minimum atomic E-state index is -0.204. The third kappa shape index (κ3) is 3.86. The van der Waals surface area contributed by atoms with E-state index >= 15 is 0 Å². The highest BCUT2D eigenvalue weighted by molar-refractivity contribution is 8.13. The molecule has 2 heterocycles. The molecule has 2 fully saturated rings. The van der Waals surface area contributed by atoms with Gasteiger partial charge in [-0.25, -0.2) is 0 Å². The van der Waals surface area contributed by atoms with Gasteiger partial charge in [0.25, 0.3) is 0 Å². The highest BCUT2D eigenvalue weighted by Crippen LogP contribution is 2.28. The van der Waals surface area contributed by atoms with E-state index in [1.54, 1.807) is 7.11 Å². The number of rotatable bonds is 3. The van der Waals surface area contributed by atoms with Crippen LogP contribution in [0.5, 0.6) is 0 Å². The monoisotopic (exact) mass is 286 g/mol. The summed E-state index contributed by atoms with van der Waals surface area (Å²) in [5.41, 5.74) is 0.0705. The summed E-state index contributed by atoms with van der Waals surface area (Å²) < 4.78 is 11.1. The molecule has 0 aromatic rings. The van der Waals surface area contributed by atoms with Crippen molar-refractivity contribution < 1.29 is 9.47 Å².